The van der Waals surface area contributed by atoms with Gasteiger partial charge >= 0.3 is 0 Å². The van der Waals surface area contributed by atoms with Crippen LogP contribution in [0.2, 0.25) is 0 Å². The fourth-order valence-electron chi connectivity index (χ4n) is 4.07. The van der Waals surface area contributed by atoms with Crippen molar-refractivity contribution in [3.63, 3.8) is 0 Å². The maximum Gasteiger partial charge on any atom is 0.134 e. The summed E-state index contributed by atoms with van der Waals surface area (Å²) in [6, 6.07) is 15.2. The largest absolute Gasteiger partial charge is 0.461 e. The molecule has 1 aromatic carbocycles. The first-order chi connectivity index (χ1) is 13.7. The Morgan fingerprint density at radius 3 is 2.75 bits per heavy atom. The summed E-state index contributed by atoms with van der Waals surface area (Å²) in [5.74, 6) is 1.88. The van der Waals surface area contributed by atoms with Gasteiger partial charge < -0.3 is 9.52 Å². The molecule has 1 N–H and O–H groups in total. The molecule has 3 aromatic rings. The molecule has 1 saturated heterocycles. The fourth-order valence-corrected chi connectivity index (χ4v) is 4.73. The molecule has 4 nitrogen and oxygen atoms in total. The van der Waals surface area contributed by atoms with Gasteiger partial charge in [-0.25, -0.2) is 0 Å². The lowest BCUT2D eigenvalue weighted by Crippen LogP contribution is -2.52. The van der Waals surface area contributed by atoms with Gasteiger partial charge in [-0.2, -0.15) is 11.3 Å². The molecule has 0 saturated carbocycles. The third-order valence-corrected chi connectivity index (χ3v) is 6.27. The van der Waals surface area contributed by atoms with Crippen LogP contribution in [-0.4, -0.2) is 47.2 Å². The first-order valence-corrected chi connectivity index (χ1v) is 10.9. The molecule has 2 aromatic heterocycles. The van der Waals surface area contributed by atoms with Crippen LogP contribution in [0.25, 0.3) is 11.3 Å². The minimum atomic E-state index is 0.237. The lowest BCUT2D eigenvalue weighted by molar-refractivity contribution is 0.0501. The Morgan fingerprint density at radius 1 is 1.11 bits per heavy atom. The summed E-state index contributed by atoms with van der Waals surface area (Å²) in [5.41, 5.74) is 3.85. The van der Waals surface area contributed by atoms with Crippen LogP contribution in [0.5, 0.6) is 0 Å². The first-order valence-electron chi connectivity index (χ1n) is 9.96. The van der Waals surface area contributed by atoms with Crippen LogP contribution in [0, 0.1) is 6.92 Å². The molecule has 0 radical (unpaired) electrons. The van der Waals surface area contributed by atoms with E-state index >= 15 is 0 Å². The topological polar surface area (TPSA) is 39.9 Å². The molecule has 4 rings (SSSR count). The number of thiophene rings is 1. The van der Waals surface area contributed by atoms with Gasteiger partial charge in [-0.05, 0) is 53.4 Å². The van der Waals surface area contributed by atoms with Crippen molar-refractivity contribution in [2.24, 2.45) is 0 Å². The van der Waals surface area contributed by atoms with Gasteiger partial charge in [0, 0.05) is 50.9 Å². The number of hydrogen-bond acceptors (Lipinski definition) is 5. The predicted octanol–water partition coefficient (Wildman–Crippen LogP) is 4.39. The minimum Gasteiger partial charge on any atom is -0.461 e. The fraction of sp³-hybridized carbons (Fsp3) is 0.391. The number of rotatable bonds is 7. The van der Waals surface area contributed by atoms with Crippen molar-refractivity contribution in [1.82, 2.24) is 9.80 Å². The molecular weight excluding hydrogens is 368 g/mol. The quantitative estimate of drug-likeness (QED) is 0.643. The van der Waals surface area contributed by atoms with Crippen LogP contribution in [-0.2, 0) is 13.1 Å². The molecule has 1 atom stereocenters. The third kappa shape index (κ3) is 4.55. The Labute approximate surface area is 171 Å². The van der Waals surface area contributed by atoms with Crippen molar-refractivity contribution in [3.8, 4) is 11.3 Å². The smallest absolute Gasteiger partial charge is 0.134 e. The van der Waals surface area contributed by atoms with E-state index in [1.807, 2.05) is 13.0 Å². The van der Waals surface area contributed by atoms with E-state index in [1.165, 1.54) is 16.7 Å². The molecule has 0 spiro atoms. The summed E-state index contributed by atoms with van der Waals surface area (Å²) in [6.07, 6.45) is 0.819. The standard InChI is InChI=1S/C23H28N2O2S/c1-18-6-7-23(27-18)22-5-3-2-4-20(22)15-24-10-11-25(21(16-24)8-12-26)14-19-9-13-28-17-19/h2-7,9,13,17,21,26H,8,10-12,14-16H2,1H3/t21-/m0/s1. The van der Waals surface area contributed by atoms with Gasteiger partial charge in [0.05, 0.1) is 0 Å². The molecule has 5 heteroatoms. The predicted molar refractivity (Wildman–Crippen MR) is 114 cm³/mol. The summed E-state index contributed by atoms with van der Waals surface area (Å²) >= 11 is 1.75. The number of aliphatic hydroxyl groups is 1. The zero-order chi connectivity index (χ0) is 19.3. The number of furan rings is 1. The lowest BCUT2D eigenvalue weighted by Gasteiger charge is -2.41. The third-order valence-electron chi connectivity index (χ3n) is 5.53. The van der Waals surface area contributed by atoms with E-state index in [0.29, 0.717) is 6.04 Å². The minimum absolute atomic E-state index is 0.237. The molecular formula is C23H28N2O2S. The van der Waals surface area contributed by atoms with Gasteiger partial charge in [0.15, 0.2) is 0 Å². The zero-order valence-electron chi connectivity index (χ0n) is 16.4. The average Bonchev–Trinajstić information content (AvgIpc) is 3.36. The summed E-state index contributed by atoms with van der Waals surface area (Å²) in [6.45, 7) is 7.16. The Kier molecular flexibility index (Phi) is 6.27. The molecule has 0 bridgehead atoms. The Balaban J connectivity index is 1.46. The second-order valence-electron chi connectivity index (χ2n) is 7.57. The highest BCUT2D eigenvalue weighted by Crippen LogP contribution is 2.28. The Hall–Kier alpha value is -1.92. The molecule has 1 aliphatic rings. The number of aliphatic hydroxyl groups excluding tert-OH is 1. The van der Waals surface area contributed by atoms with E-state index in [0.717, 1.165) is 50.7 Å². The van der Waals surface area contributed by atoms with Crippen molar-refractivity contribution >= 4 is 11.3 Å². The van der Waals surface area contributed by atoms with Crippen LogP contribution in [0.1, 0.15) is 23.3 Å². The second kappa shape index (κ2) is 9.05. The molecule has 28 heavy (non-hydrogen) atoms. The molecule has 0 unspecified atom stereocenters. The van der Waals surface area contributed by atoms with Crippen LogP contribution in [0.4, 0.5) is 0 Å². The normalized spacial score (nSPS) is 18.6. The van der Waals surface area contributed by atoms with Gasteiger partial charge in [-0.1, -0.05) is 24.3 Å². The average molecular weight is 397 g/mol. The molecule has 0 amide bonds. The van der Waals surface area contributed by atoms with Crippen LogP contribution < -0.4 is 0 Å². The van der Waals surface area contributed by atoms with E-state index in [-0.39, 0.29) is 6.61 Å². The summed E-state index contributed by atoms with van der Waals surface area (Å²) in [5, 5.41) is 13.9. The number of benzene rings is 1. The van der Waals surface area contributed by atoms with Crippen molar-refractivity contribution in [3.05, 3.63) is 70.1 Å². The number of nitrogens with zero attached hydrogens (tertiary/aromatic N) is 2. The monoisotopic (exact) mass is 396 g/mol. The zero-order valence-corrected chi connectivity index (χ0v) is 17.2. The highest BCUT2D eigenvalue weighted by Gasteiger charge is 2.27. The van der Waals surface area contributed by atoms with E-state index in [9.17, 15) is 5.11 Å². The molecule has 3 heterocycles. The lowest BCUT2D eigenvalue weighted by atomic mass is 10.0. The SMILES string of the molecule is Cc1ccc(-c2ccccc2CN2CCN(Cc3ccsc3)[C@@H](CCO)C2)o1. The van der Waals surface area contributed by atoms with Crippen molar-refractivity contribution in [2.45, 2.75) is 32.5 Å². The van der Waals surface area contributed by atoms with Gasteiger partial charge in [0.1, 0.15) is 11.5 Å². The highest BCUT2D eigenvalue weighted by molar-refractivity contribution is 7.07. The number of aryl methyl sites for hydroxylation is 1. The van der Waals surface area contributed by atoms with Gasteiger partial charge in [0.25, 0.3) is 0 Å². The van der Waals surface area contributed by atoms with E-state index in [2.05, 4.69) is 57.0 Å². The van der Waals surface area contributed by atoms with Crippen LogP contribution in [0.3, 0.4) is 0 Å². The van der Waals surface area contributed by atoms with E-state index in [1.54, 1.807) is 11.3 Å². The number of hydrogen-bond donors (Lipinski definition) is 1. The van der Waals surface area contributed by atoms with Crippen molar-refractivity contribution in [1.29, 1.82) is 0 Å². The number of piperazine rings is 1. The second-order valence-corrected chi connectivity index (χ2v) is 8.35. The van der Waals surface area contributed by atoms with Gasteiger partial charge in [0.2, 0.25) is 0 Å². The van der Waals surface area contributed by atoms with Crippen LogP contribution in [0.15, 0.2) is 57.6 Å². The van der Waals surface area contributed by atoms with E-state index in [4.69, 9.17) is 4.42 Å². The van der Waals surface area contributed by atoms with E-state index < -0.39 is 0 Å². The van der Waals surface area contributed by atoms with Gasteiger partial charge in [-0.3, -0.25) is 9.80 Å². The van der Waals surface area contributed by atoms with Crippen molar-refractivity contribution in [2.75, 3.05) is 26.2 Å². The first kappa shape index (κ1) is 19.4. The summed E-state index contributed by atoms with van der Waals surface area (Å²) < 4.78 is 5.88. The summed E-state index contributed by atoms with van der Waals surface area (Å²) in [4.78, 5) is 5.04. The molecule has 148 valence electrons. The van der Waals surface area contributed by atoms with Crippen LogP contribution >= 0.6 is 11.3 Å². The maximum absolute atomic E-state index is 9.58. The summed E-state index contributed by atoms with van der Waals surface area (Å²) in [7, 11) is 0. The van der Waals surface area contributed by atoms with Gasteiger partial charge in [-0.15, -0.1) is 0 Å². The highest BCUT2D eigenvalue weighted by atomic mass is 32.1. The maximum atomic E-state index is 9.58. The molecule has 1 fully saturated rings. The van der Waals surface area contributed by atoms with Crippen molar-refractivity contribution < 1.29 is 9.52 Å². The Morgan fingerprint density at radius 2 is 2.00 bits per heavy atom. The molecule has 0 aliphatic carbocycles. The molecule has 1 aliphatic heterocycles. The Bertz CT molecular complexity index is 874.